The van der Waals surface area contributed by atoms with Crippen LogP contribution in [0.1, 0.15) is 47.7 Å². The molecule has 1 aliphatic rings. The van der Waals surface area contributed by atoms with Crippen LogP contribution < -0.4 is 19.5 Å². The zero-order chi connectivity index (χ0) is 18.7. The Bertz CT molecular complexity index is 785. The summed E-state index contributed by atoms with van der Waals surface area (Å²) in [6, 6.07) is 8.82. The number of benzene rings is 2. The molecule has 0 aromatic heterocycles. The minimum Gasteiger partial charge on any atom is -0.496 e. The third-order valence-electron chi connectivity index (χ3n) is 4.95. The van der Waals surface area contributed by atoms with E-state index in [1.54, 1.807) is 7.11 Å². The first-order valence-corrected chi connectivity index (χ1v) is 9.39. The Hall–Kier alpha value is -2.20. The summed E-state index contributed by atoms with van der Waals surface area (Å²) in [5.74, 6) is 2.60. The van der Waals surface area contributed by atoms with Crippen LogP contribution in [0, 0.1) is 13.8 Å². The molecule has 0 saturated heterocycles. The monoisotopic (exact) mass is 355 g/mol. The molecule has 0 spiro atoms. The number of fused-ring (bicyclic) bond motifs is 1. The highest BCUT2D eigenvalue weighted by atomic mass is 16.5. The number of methoxy groups -OCH3 is 1. The van der Waals surface area contributed by atoms with E-state index in [-0.39, 0.29) is 6.04 Å². The fraction of sp³-hybridized carbons (Fsp3) is 0.455. The highest BCUT2D eigenvalue weighted by Crippen LogP contribution is 2.39. The van der Waals surface area contributed by atoms with Crippen molar-refractivity contribution in [2.24, 2.45) is 0 Å². The summed E-state index contributed by atoms with van der Waals surface area (Å²) in [5.41, 5.74) is 6.27. The lowest BCUT2D eigenvalue weighted by molar-refractivity contribution is 0.286. The van der Waals surface area contributed by atoms with Crippen LogP contribution >= 0.6 is 0 Å². The third kappa shape index (κ3) is 3.51. The molecule has 0 fully saturated rings. The van der Waals surface area contributed by atoms with Crippen LogP contribution in [0.5, 0.6) is 17.2 Å². The molecule has 26 heavy (non-hydrogen) atoms. The van der Waals surface area contributed by atoms with Crippen molar-refractivity contribution < 1.29 is 14.2 Å². The van der Waals surface area contributed by atoms with Gasteiger partial charge in [-0.3, -0.25) is 0 Å². The third-order valence-corrected chi connectivity index (χ3v) is 4.95. The molecule has 0 saturated carbocycles. The smallest absolute Gasteiger partial charge is 0.161 e. The summed E-state index contributed by atoms with van der Waals surface area (Å²) >= 11 is 0. The van der Waals surface area contributed by atoms with Gasteiger partial charge in [0, 0.05) is 6.54 Å². The fourth-order valence-electron chi connectivity index (χ4n) is 3.72. The van der Waals surface area contributed by atoms with Gasteiger partial charge in [0.25, 0.3) is 0 Å². The number of aryl methyl sites for hydroxylation is 2. The van der Waals surface area contributed by atoms with Gasteiger partial charge in [0.15, 0.2) is 11.5 Å². The standard InChI is InChI=1S/C22H29NO3/c1-6-25-20-12-16-8-9-23-22(18(16)13-21(20)26-7-2)17-10-15(4)19(24-5)11-14(17)3/h10-13,22-23H,6-9H2,1-5H3. The van der Waals surface area contributed by atoms with Gasteiger partial charge in [0.05, 0.1) is 26.4 Å². The first kappa shape index (κ1) is 18.6. The topological polar surface area (TPSA) is 39.7 Å². The minimum absolute atomic E-state index is 0.151. The molecule has 0 amide bonds. The van der Waals surface area contributed by atoms with E-state index in [1.807, 2.05) is 13.8 Å². The molecule has 2 aromatic carbocycles. The van der Waals surface area contributed by atoms with E-state index in [9.17, 15) is 0 Å². The van der Waals surface area contributed by atoms with Gasteiger partial charge in [-0.1, -0.05) is 6.07 Å². The summed E-state index contributed by atoms with van der Waals surface area (Å²) in [7, 11) is 1.72. The van der Waals surface area contributed by atoms with E-state index < -0.39 is 0 Å². The molecule has 0 aliphatic carbocycles. The predicted molar refractivity (Wildman–Crippen MR) is 105 cm³/mol. The second-order valence-corrected chi connectivity index (χ2v) is 6.68. The van der Waals surface area contributed by atoms with Gasteiger partial charge in [-0.15, -0.1) is 0 Å². The summed E-state index contributed by atoms with van der Waals surface area (Å²) in [6.45, 7) is 10.4. The second-order valence-electron chi connectivity index (χ2n) is 6.68. The normalized spacial score (nSPS) is 16.1. The maximum atomic E-state index is 5.86. The fourth-order valence-corrected chi connectivity index (χ4v) is 3.72. The maximum Gasteiger partial charge on any atom is 0.161 e. The van der Waals surface area contributed by atoms with Crippen molar-refractivity contribution in [3.8, 4) is 17.2 Å². The molecular weight excluding hydrogens is 326 g/mol. The van der Waals surface area contributed by atoms with Crippen LogP contribution in [0.2, 0.25) is 0 Å². The second kappa shape index (κ2) is 8.00. The van der Waals surface area contributed by atoms with Crippen LogP contribution in [0.25, 0.3) is 0 Å². The summed E-state index contributed by atoms with van der Waals surface area (Å²) in [5, 5.41) is 3.68. The van der Waals surface area contributed by atoms with Gasteiger partial charge in [0.1, 0.15) is 5.75 Å². The van der Waals surface area contributed by atoms with E-state index in [1.165, 1.54) is 22.3 Å². The van der Waals surface area contributed by atoms with Gasteiger partial charge < -0.3 is 19.5 Å². The van der Waals surface area contributed by atoms with Crippen LogP contribution in [0.3, 0.4) is 0 Å². The van der Waals surface area contributed by atoms with Crippen molar-refractivity contribution >= 4 is 0 Å². The molecule has 0 bridgehead atoms. The number of hydrogen-bond acceptors (Lipinski definition) is 4. The molecule has 1 aliphatic heterocycles. The molecule has 140 valence electrons. The van der Waals surface area contributed by atoms with E-state index in [4.69, 9.17) is 14.2 Å². The lowest BCUT2D eigenvalue weighted by Gasteiger charge is -2.30. The minimum atomic E-state index is 0.151. The van der Waals surface area contributed by atoms with Crippen molar-refractivity contribution in [1.82, 2.24) is 5.32 Å². The predicted octanol–water partition coefficient (Wildman–Crippen LogP) is 4.34. The molecule has 2 aromatic rings. The average molecular weight is 355 g/mol. The SMILES string of the molecule is CCOc1cc2c(cc1OCC)C(c1cc(C)c(OC)cc1C)NCC2. The number of rotatable bonds is 6. The molecule has 1 unspecified atom stereocenters. The average Bonchev–Trinajstić information content (AvgIpc) is 2.64. The van der Waals surface area contributed by atoms with Gasteiger partial charge >= 0.3 is 0 Å². The molecule has 0 radical (unpaired) electrons. The summed E-state index contributed by atoms with van der Waals surface area (Å²) in [6.07, 6.45) is 0.993. The van der Waals surface area contributed by atoms with Crippen LogP contribution in [-0.4, -0.2) is 26.9 Å². The Kier molecular flexibility index (Phi) is 5.72. The van der Waals surface area contributed by atoms with E-state index in [2.05, 4.69) is 43.4 Å². The highest BCUT2D eigenvalue weighted by molar-refractivity contribution is 5.53. The Labute approximate surface area is 156 Å². The van der Waals surface area contributed by atoms with Crippen molar-refractivity contribution in [1.29, 1.82) is 0 Å². The first-order chi connectivity index (χ1) is 12.6. The molecule has 4 nitrogen and oxygen atoms in total. The van der Waals surface area contributed by atoms with Gasteiger partial charge in [0.2, 0.25) is 0 Å². The zero-order valence-electron chi connectivity index (χ0n) is 16.4. The van der Waals surface area contributed by atoms with Crippen molar-refractivity contribution in [2.45, 2.75) is 40.2 Å². The van der Waals surface area contributed by atoms with E-state index in [0.717, 1.165) is 35.8 Å². The van der Waals surface area contributed by atoms with Crippen molar-refractivity contribution in [2.75, 3.05) is 26.9 Å². The molecular formula is C22H29NO3. The Morgan fingerprint density at radius 1 is 0.885 bits per heavy atom. The van der Waals surface area contributed by atoms with Crippen molar-refractivity contribution in [3.63, 3.8) is 0 Å². The van der Waals surface area contributed by atoms with E-state index >= 15 is 0 Å². The number of ether oxygens (including phenoxy) is 3. The van der Waals surface area contributed by atoms with Crippen LogP contribution in [-0.2, 0) is 6.42 Å². The zero-order valence-corrected chi connectivity index (χ0v) is 16.4. The molecule has 1 N–H and O–H groups in total. The molecule has 1 atom stereocenters. The maximum absolute atomic E-state index is 5.86. The van der Waals surface area contributed by atoms with Gasteiger partial charge in [-0.25, -0.2) is 0 Å². The largest absolute Gasteiger partial charge is 0.496 e. The Balaban J connectivity index is 2.08. The quantitative estimate of drug-likeness (QED) is 0.836. The Morgan fingerprint density at radius 2 is 1.58 bits per heavy atom. The van der Waals surface area contributed by atoms with Crippen molar-refractivity contribution in [3.05, 3.63) is 52.1 Å². The number of hydrogen-bond donors (Lipinski definition) is 1. The first-order valence-electron chi connectivity index (χ1n) is 9.39. The summed E-state index contributed by atoms with van der Waals surface area (Å²) < 4.78 is 17.1. The van der Waals surface area contributed by atoms with Crippen LogP contribution in [0.15, 0.2) is 24.3 Å². The molecule has 3 rings (SSSR count). The van der Waals surface area contributed by atoms with Gasteiger partial charge in [-0.05, 0) is 80.1 Å². The molecule has 1 heterocycles. The Morgan fingerprint density at radius 3 is 2.23 bits per heavy atom. The van der Waals surface area contributed by atoms with E-state index in [0.29, 0.717) is 13.2 Å². The molecule has 4 heteroatoms. The van der Waals surface area contributed by atoms with Gasteiger partial charge in [-0.2, -0.15) is 0 Å². The lowest BCUT2D eigenvalue weighted by atomic mass is 9.86. The summed E-state index contributed by atoms with van der Waals surface area (Å²) in [4.78, 5) is 0. The number of nitrogens with one attached hydrogen (secondary N) is 1. The van der Waals surface area contributed by atoms with Crippen LogP contribution in [0.4, 0.5) is 0 Å². The lowest BCUT2D eigenvalue weighted by Crippen LogP contribution is -2.31. The highest BCUT2D eigenvalue weighted by Gasteiger charge is 2.25.